The molecule has 0 aliphatic rings. The molecule has 0 aliphatic carbocycles. The first-order valence-corrected chi connectivity index (χ1v) is 11.1. The van der Waals surface area contributed by atoms with Crippen LogP contribution >= 0.6 is 11.3 Å². The van der Waals surface area contributed by atoms with Crippen LogP contribution in [-0.2, 0) is 9.53 Å². The van der Waals surface area contributed by atoms with E-state index < -0.39 is 0 Å². The molecule has 0 aliphatic heterocycles. The summed E-state index contributed by atoms with van der Waals surface area (Å²) < 4.78 is 8.34. The lowest BCUT2D eigenvalue weighted by atomic mass is 9.93. The first-order valence-electron chi connectivity index (χ1n) is 10.3. The van der Waals surface area contributed by atoms with Crippen molar-refractivity contribution in [3.63, 3.8) is 0 Å². The number of carbonyl (C=O) groups is 1. The average molecular weight is 421 g/mol. The van der Waals surface area contributed by atoms with Crippen molar-refractivity contribution in [2.45, 2.75) is 39.0 Å². The van der Waals surface area contributed by atoms with E-state index >= 15 is 0 Å². The van der Waals surface area contributed by atoms with E-state index in [4.69, 9.17) is 4.74 Å². The predicted molar refractivity (Wildman–Crippen MR) is 121 cm³/mol. The summed E-state index contributed by atoms with van der Waals surface area (Å²) in [7, 11) is 0. The second kappa shape index (κ2) is 8.79. The van der Waals surface area contributed by atoms with E-state index in [1.807, 2.05) is 59.9 Å². The van der Waals surface area contributed by atoms with Crippen molar-refractivity contribution in [3.8, 4) is 11.3 Å². The highest BCUT2D eigenvalue weighted by atomic mass is 32.1. The van der Waals surface area contributed by atoms with Gasteiger partial charge in [0.1, 0.15) is 0 Å². The molecule has 30 heavy (non-hydrogen) atoms. The van der Waals surface area contributed by atoms with Crippen LogP contribution in [0, 0.1) is 0 Å². The Labute approximate surface area is 179 Å². The van der Waals surface area contributed by atoms with Crippen LogP contribution in [0.5, 0.6) is 0 Å². The number of rotatable bonds is 7. The van der Waals surface area contributed by atoms with Gasteiger partial charge in [-0.25, -0.2) is 0 Å². The number of aromatic nitrogens is 2. The molecule has 0 radical (unpaired) electrons. The Morgan fingerprint density at radius 1 is 1.13 bits per heavy atom. The van der Waals surface area contributed by atoms with Gasteiger partial charge >= 0.3 is 5.97 Å². The summed E-state index contributed by atoms with van der Waals surface area (Å²) in [6, 6.07) is 17.5. The minimum Gasteiger partial charge on any atom is -0.466 e. The first-order chi connectivity index (χ1) is 14.6. The molecule has 0 amide bonds. The van der Waals surface area contributed by atoms with E-state index in [9.17, 15) is 9.59 Å². The van der Waals surface area contributed by atoms with E-state index in [0.717, 1.165) is 46.3 Å². The molecule has 0 bridgehead atoms. The Morgan fingerprint density at radius 2 is 1.93 bits per heavy atom. The van der Waals surface area contributed by atoms with E-state index in [1.165, 1.54) is 11.3 Å². The lowest BCUT2D eigenvalue weighted by Gasteiger charge is -2.16. The zero-order chi connectivity index (χ0) is 21.1. The number of hydrogen-bond acceptors (Lipinski definition) is 5. The van der Waals surface area contributed by atoms with Crippen molar-refractivity contribution in [1.29, 1.82) is 0 Å². The maximum Gasteiger partial charge on any atom is 0.313 e. The predicted octanol–water partition coefficient (Wildman–Crippen LogP) is 5.41. The van der Waals surface area contributed by atoms with Crippen molar-refractivity contribution >= 4 is 32.5 Å². The lowest BCUT2D eigenvalue weighted by molar-refractivity contribution is -0.145. The minimum atomic E-state index is -0.277. The Bertz CT molecular complexity index is 1240. The van der Waals surface area contributed by atoms with Crippen LogP contribution in [-0.4, -0.2) is 22.0 Å². The van der Waals surface area contributed by atoms with Gasteiger partial charge in [0.05, 0.1) is 28.4 Å². The molecule has 154 valence electrons. The lowest BCUT2D eigenvalue weighted by Crippen LogP contribution is -2.16. The summed E-state index contributed by atoms with van der Waals surface area (Å²) in [5.74, 6) is -0.454. The highest BCUT2D eigenvalue weighted by molar-refractivity contribution is 7.23. The summed E-state index contributed by atoms with van der Waals surface area (Å²) in [5, 5.41) is 0. The van der Waals surface area contributed by atoms with Crippen LogP contribution in [0.4, 0.5) is 0 Å². The highest BCUT2D eigenvalue weighted by Crippen LogP contribution is 2.33. The molecule has 4 rings (SSSR count). The van der Waals surface area contributed by atoms with E-state index in [-0.39, 0.29) is 17.4 Å². The quantitative estimate of drug-likeness (QED) is 0.375. The topological polar surface area (TPSA) is 60.7 Å². The van der Waals surface area contributed by atoms with E-state index in [0.29, 0.717) is 11.6 Å². The maximum atomic E-state index is 12.6. The zero-order valence-electron chi connectivity index (χ0n) is 17.1. The fourth-order valence-electron chi connectivity index (χ4n) is 3.77. The molecule has 0 saturated heterocycles. The number of ether oxygens (including phenoxy) is 1. The van der Waals surface area contributed by atoms with Gasteiger partial charge < -0.3 is 4.74 Å². The number of carbonyl (C=O) groups excluding carboxylic acids is 1. The fraction of sp³-hybridized carbons (Fsp3) is 0.292. The molecule has 2 heterocycles. The van der Waals surface area contributed by atoms with Crippen LogP contribution in [0.1, 0.15) is 44.6 Å². The molecule has 1 unspecified atom stereocenters. The van der Waals surface area contributed by atoms with Crippen molar-refractivity contribution in [2.75, 3.05) is 6.61 Å². The number of nitrogens with zero attached hydrogens (tertiary/aromatic N) is 2. The molecule has 6 heteroatoms. The maximum absolute atomic E-state index is 12.6. The monoisotopic (exact) mass is 420 g/mol. The Morgan fingerprint density at radius 3 is 2.67 bits per heavy atom. The largest absolute Gasteiger partial charge is 0.466 e. The standard InChI is InChI=1S/C24H24N2O3S/c1-3-5-11-18(23(28)29-4-2)17-12-13-19-21(14-17)30-24-25-22(27)15-20(26(19)24)16-9-7-6-8-10-16/h6-10,12-15,18H,3-5,11H2,1-2H3. The highest BCUT2D eigenvalue weighted by Gasteiger charge is 2.22. The van der Waals surface area contributed by atoms with Gasteiger partial charge in [-0.1, -0.05) is 67.5 Å². The molecular weight excluding hydrogens is 396 g/mol. The van der Waals surface area contributed by atoms with Gasteiger partial charge in [0.25, 0.3) is 5.56 Å². The zero-order valence-corrected chi connectivity index (χ0v) is 17.9. The smallest absolute Gasteiger partial charge is 0.313 e. The Kier molecular flexibility index (Phi) is 5.95. The number of hydrogen-bond donors (Lipinski definition) is 0. The van der Waals surface area contributed by atoms with Gasteiger partial charge in [-0.2, -0.15) is 4.98 Å². The van der Waals surface area contributed by atoms with Crippen LogP contribution in [0.2, 0.25) is 0 Å². The number of benzene rings is 2. The molecule has 2 aromatic heterocycles. The summed E-state index contributed by atoms with van der Waals surface area (Å²) in [5.41, 5.74) is 3.45. The Balaban J connectivity index is 1.87. The fourth-order valence-corrected chi connectivity index (χ4v) is 4.85. The number of fused-ring (bicyclic) bond motifs is 3. The molecular formula is C24H24N2O3S. The molecule has 5 nitrogen and oxygen atoms in total. The normalized spacial score (nSPS) is 12.3. The van der Waals surface area contributed by atoms with Gasteiger partial charge in [0.15, 0.2) is 4.96 Å². The van der Waals surface area contributed by atoms with Crippen molar-refractivity contribution in [3.05, 3.63) is 70.5 Å². The van der Waals surface area contributed by atoms with Gasteiger partial charge in [-0.15, -0.1) is 0 Å². The van der Waals surface area contributed by atoms with Crippen molar-refractivity contribution in [1.82, 2.24) is 9.38 Å². The van der Waals surface area contributed by atoms with Gasteiger partial charge in [0.2, 0.25) is 0 Å². The number of thiazole rings is 1. The first kappa shape index (κ1) is 20.3. The molecule has 0 N–H and O–H groups in total. The summed E-state index contributed by atoms with van der Waals surface area (Å²) >= 11 is 1.46. The third-order valence-corrected chi connectivity index (χ3v) is 6.22. The second-order valence-corrected chi connectivity index (χ2v) is 8.25. The van der Waals surface area contributed by atoms with Crippen LogP contribution in [0.15, 0.2) is 59.4 Å². The minimum absolute atomic E-state index is 0.177. The molecule has 0 spiro atoms. The molecule has 2 aromatic carbocycles. The number of esters is 1. The molecule has 4 aromatic rings. The summed E-state index contributed by atoms with van der Waals surface area (Å²) in [6.45, 7) is 4.32. The molecule has 0 saturated carbocycles. The van der Waals surface area contributed by atoms with Gasteiger partial charge in [0, 0.05) is 6.07 Å². The third-order valence-electron chi connectivity index (χ3n) is 5.21. The SMILES string of the molecule is CCCCC(C(=O)OCC)c1ccc2c(c1)sc1nc(=O)cc(-c3ccccc3)n12. The number of unbranched alkanes of at least 4 members (excludes halogenated alkanes) is 1. The second-order valence-electron chi connectivity index (χ2n) is 7.24. The van der Waals surface area contributed by atoms with Crippen LogP contribution in [0.3, 0.4) is 0 Å². The van der Waals surface area contributed by atoms with E-state index in [1.54, 1.807) is 6.07 Å². The van der Waals surface area contributed by atoms with E-state index in [2.05, 4.69) is 11.9 Å². The third kappa shape index (κ3) is 3.87. The Hall–Kier alpha value is -2.99. The van der Waals surface area contributed by atoms with Crippen LogP contribution < -0.4 is 5.56 Å². The average Bonchev–Trinajstić information content (AvgIpc) is 3.11. The summed E-state index contributed by atoms with van der Waals surface area (Å²) in [4.78, 5) is 29.7. The van der Waals surface area contributed by atoms with Crippen molar-refractivity contribution < 1.29 is 9.53 Å². The van der Waals surface area contributed by atoms with Crippen LogP contribution in [0.25, 0.3) is 26.4 Å². The molecule has 1 atom stereocenters. The molecule has 0 fully saturated rings. The van der Waals surface area contributed by atoms with Gasteiger partial charge in [-0.3, -0.25) is 14.0 Å². The van der Waals surface area contributed by atoms with Gasteiger partial charge in [-0.05, 0) is 36.6 Å². The van der Waals surface area contributed by atoms with Crippen molar-refractivity contribution in [2.24, 2.45) is 0 Å². The summed E-state index contributed by atoms with van der Waals surface area (Å²) in [6.07, 6.45) is 2.74.